The highest BCUT2D eigenvalue weighted by Gasteiger charge is 2.14. The Morgan fingerprint density at radius 3 is 2.52 bits per heavy atom. The van der Waals surface area contributed by atoms with Crippen molar-refractivity contribution in [2.24, 2.45) is 0 Å². The van der Waals surface area contributed by atoms with Crippen molar-refractivity contribution in [3.63, 3.8) is 0 Å². The van der Waals surface area contributed by atoms with Crippen molar-refractivity contribution in [3.8, 4) is 11.5 Å². The molecule has 1 atom stereocenters. The summed E-state index contributed by atoms with van der Waals surface area (Å²) in [5.74, 6) is 2.84. The predicted octanol–water partition coefficient (Wildman–Crippen LogP) is 4.19. The number of hydrogen-bond acceptors (Lipinski definition) is 6. The van der Waals surface area contributed by atoms with Gasteiger partial charge in [-0.05, 0) is 31.4 Å². The number of ether oxygens (including phenoxy) is 2. The second kappa shape index (κ2) is 6.42. The molecule has 0 aliphatic carbocycles. The number of nitrogens with zero attached hydrogens (tertiary/aromatic N) is 2. The number of nitrogens with one attached hydrogen (secondary N) is 1. The van der Waals surface area contributed by atoms with E-state index < -0.39 is 0 Å². The molecule has 0 saturated carbocycles. The summed E-state index contributed by atoms with van der Waals surface area (Å²) in [7, 11) is 3.25. The lowest BCUT2D eigenvalue weighted by Gasteiger charge is -2.16. The molecule has 2 aromatic heterocycles. The van der Waals surface area contributed by atoms with Gasteiger partial charge in [-0.25, -0.2) is 9.97 Å². The average Bonchev–Trinajstić information content (AvgIpc) is 3.08. The van der Waals surface area contributed by atoms with E-state index in [1.54, 1.807) is 25.6 Å². The Kier molecular flexibility index (Phi) is 4.34. The van der Waals surface area contributed by atoms with Crippen LogP contribution in [0.3, 0.4) is 0 Å². The molecule has 0 fully saturated rings. The molecule has 3 aromatic rings. The summed E-state index contributed by atoms with van der Waals surface area (Å²) in [6, 6.07) is 8.12. The van der Waals surface area contributed by atoms with Gasteiger partial charge in [-0.15, -0.1) is 11.3 Å². The molecule has 1 N–H and O–H groups in total. The van der Waals surface area contributed by atoms with Gasteiger partial charge in [0.15, 0.2) is 11.5 Å². The maximum Gasteiger partial charge on any atom is 0.162 e. The highest BCUT2D eigenvalue weighted by Crippen LogP contribution is 2.35. The zero-order valence-corrected chi connectivity index (χ0v) is 14.4. The van der Waals surface area contributed by atoms with Crippen LogP contribution in [0.2, 0.25) is 0 Å². The monoisotopic (exact) mass is 329 g/mol. The van der Waals surface area contributed by atoms with Gasteiger partial charge in [0.05, 0.1) is 25.8 Å². The van der Waals surface area contributed by atoms with Crippen LogP contribution >= 0.6 is 11.3 Å². The van der Waals surface area contributed by atoms with E-state index in [2.05, 4.69) is 39.7 Å². The van der Waals surface area contributed by atoms with Crippen LogP contribution in [0.5, 0.6) is 11.5 Å². The maximum absolute atomic E-state index is 5.40. The Morgan fingerprint density at radius 2 is 1.87 bits per heavy atom. The van der Waals surface area contributed by atoms with Gasteiger partial charge in [0, 0.05) is 16.3 Å². The summed E-state index contributed by atoms with van der Waals surface area (Å²) in [6.45, 7) is 4.01. The van der Waals surface area contributed by atoms with E-state index in [0.717, 1.165) is 16.7 Å². The molecule has 0 bridgehead atoms. The zero-order valence-electron chi connectivity index (χ0n) is 13.6. The fourth-order valence-corrected chi connectivity index (χ4v) is 3.23. The first-order valence-corrected chi connectivity index (χ1v) is 8.20. The van der Waals surface area contributed by atoms with E-state index >= 15 is 0 Å². The fraction of sp³-hybridized carbons (Fsp3) is 0.294. The summed E-state index contributed by atoms with van der Waals surface area (Å²) < 4.78 is 10.8. The van der Waals surface area contributed by atoms with Crippen molar-refractivity contribution in [3.05, 3.63) is 40.3 Å². The van der Waals surface area contributed by atoms with Crippen LogP contribution in [0.4, 0.5) is 5.82 Å². The number of aromatic nitrogens is 2. The number of anilines is 1. The van der Waals surface area contributed by atoms with Crippen molar-refractivity contribution < 1.29 is 9.47 Å². The minimum absolute atomic E-state index is 0.167. The molecule has 3 rings (SSSR count). The van der Waals surface area contributed by atoms with Gasteiger partial charge in [0.25, 0.3) is 0 Å². The molecular weight excluding hydrogens is 310 g/mol. The minimum Gasteiger partial charge on any atom is -0.493 e. The van der Waals surface area contributed by atoms with Crippen molar-refractivity contribution in [1.29, 1.82) is 0 Å². The molecule has 0 radical (unpaired) electrons. The molecule has 5 nitrogen and oxygen atoms in total. The van der Waals surface area contributed by atoms with Crippen LogP contribution in [0, 0.1) is 6.92 Å². The molecule has 0 aliphatic heterocycles. The smallest absolute Gasteiger partial charge is 0.162 e. The molecule has 23 heavy (non-hydrogen) atoms. The topological polar surface area (TPSA) is 56.3 Å². The van der Waals surface area contributed by atoms with Gasteiger partial charge in [0.1, 0.15) is 11.6 Å². The van der Waals surface area contributed by atoms with Gasteiger partial charge < -0.3 is 14.8 Å². The van der Waals surface area contributed by atoms with E-state index in [1.165, 1.54) is 4.88 Å². The first kappa shape index (κ1) is 15.6. The molecule has 0 saturated heterocycles. The van der Waals surface area contributed by atoms with E-state index in [9.17, 15) is 0 Å². The van der Waals surface area contributed by atoms with Gasteiger partial charge >= 0.3 is 0 Å². The zero-order chi connectivity index (χ0) is 16.4. The summed E-state index contributed by atoms with van der Waals surface area (Å²) >= 11 is 1.72. The van der Waals surface area contributed by atoms with Crippen LogP contribution in [0.15, 0.2) is 29.6 Å². The normalized spacial score (nSPS) is 12.2. The number of fused-ring (bicyclic) bond motifs is 1. The van der Waals surface area contributed by atoms with Crippen LogP contribution in [-0.4, -0.2) is 24.2 Å². The lowest BCUT2D eigenvalue weighted by Crippen LogP contribution is -2.08. The van der Waals surface area contributed by atoms with E-state index in [1.807, 2.05) is 19.1 Å². The lowest BCUT2D eigenvalue weighted by atomic mass is 10.2. The summed E-state index contributed by atoms with van der Waals surface area (Å²) in [5, 5.41) is 6.47. The molecule has 120 valence electrons. The molecule has 2 heterocycles. The largest absolute Gasteiger partial charge is 0.493 e. The van der Waals surface area contributed by atoms with Crippen LogP contribution < -0.4 is 14.8 Å². The number of benzene rings is 1. The second-order valence-electron chi connectivity index (χ2n) is 5.23. The first-order valence-electron chi connectivity index (χ1n) is 7.32. The first-order chi connectivity index (χ1) is 11.1. The Morgan fingerprint density at radius 1 is 1.13 bits per heavy atom. The molecular formula is C17H19N3O2S. The summed E-state index contributed by atoms with van der Waals surface area (Å²) in [6.07, 6.45) is 0. The standard InChI is InChI=1S/C17H19N3O2S/c1-10(16-6-5-7-23-16)18-17-12-8-14(21-3)15(22-4)9-13(12)19-11(2)20-17/h5-10H,1-4H3,(H,18,19,20)/t10-/m0/s1. The fourth-order valence-electron chi connectivity index (χ4n) is 2.50. The third kappa shape index (κ3) is 3.07. The highest BCUT2D eigenvalue weighted by molar-refractivity contribution is 7.10. The SMILES string of the molecule is COc1cc2nc(C)nc(N[C@@H](C)c3cccs3)c2cc1OC. The molecule has 6 heteroatoms. The highest BCUT2D eigenvalue weighted by atomic mass is 32.1. The number of thiophene rings is 1. The number of methoxy groups -OCH3 is 2. The van der Waals surface area contributed by atoms with Crippen LogP contribution in [0.1, 0.15) is 23.7 Å². The number of hydrogen-bond donors (Lipinski definition) is 1. The van der Waals surface area contributed by atoms with Gasteiger partial charge in [-0.2, -0.15) is 0 Å². The number of rotatable bonds is 5. The molecule has 0 spiro atoms. The van der Waals surface area contributed by atoms with Crippen LogP contribution in [0.25, 0.3) is 10.9 Å². The van der Waals surface area contributed by atoms with E-state index in [4.69, 9.17) is 9.47 Å². The second-order valence-corrected chi connectivity index (χ2v) is 6.20. The van der Waals surface area contributed by atoms with Gasteiger partial charge in [-0.1, -0.05) is 6.07 Å². The van der Waals surface area contributed by atoms with Crippen LogP contribution in [-0.2, 0) is 0 Å². The Bertz CT molecular complexity index is 818. The molecule has 0 unspecified atom stereocenters. The third-order valence-corrected chi connectivity index (χ3v) is 4.69. The van der Waals surface area contributed by atoms with Crippen molar-refractivity contribution in [2.45, 2.75) is 19.9 Å². The quantitative estimate of drug-likeness (QED) is 0.760. The van der Waals surface area contributed by atoms with Crippen molar-refractivity contribution >= 4 is 28.1 Å². The van der Waals surface area contributed by atoms with E-state index in [-0.39, 0.29) is 6.04 Å². The predicted molar refractivity (Wildman–Crippen MR) is 93.7 cm³/mol. The van der Waals surface area contributed by atoms with Crippen molar-refractivity contribution in [1.82, 2.24) is 9.97 Å². The maximum atomic E-state index is 5.40. The Balaban J connectivity index is 2.08. The van der Waals surface area contributed by atoms with E-state index in [0.29, 0.717) is 17.3 Å². The molecule has 0 aliphatic rings. The molecule has 0 amide bonds. The lowest BCUT2D eigenvalue weighted by molar-refractivity contribution is 0.356. The van der Waals surface area contributed by atoms with Gasteiger partial charge in [0.2, 0.25) is 0 Å². The Hall–Kier alpha value is -2.34. The average molecular weight is 329 g/mol. The third-order valence-electron chi connectivity index (χ3n) is 3.64. The minimum atomic E-state index is 0.167. The number of aryl methyl sites for hydroxylation is 1. The molecule has 1 aromatic carbocycles. The Labute approximate surface area is 139 Å². The van der Waals surface area contributed by atoms with Crippen molar-refractivity contribution in [2.75, 3.05) is 19.5 Å². The summed E-state index contributed by atoms with van der Waals surface area (Å²) in [4.78, 5) is 10.3. The van der Waals surface area contributed by atoms with Gasteiger partial charge in [-0.3, -0.25) is 0 Å². The summed E-state index contributed by atoms with van der Waals surface area (Å²) in [5.41, 5.74) is 0.830.